The van der Waals surface area contributed by atoms with Crippen LogP contribution in [-0.4, -0.2) is 9.97 Å². The van der Waals surface area contributed by atoms with Crippen molar-refractivity contribution in [1.29, 1.82) is 0 Å². The molecule has 0 saturated carbocycles. The van der Waals surface area contributed by atoms with E-state index in [0.29, 0.717) is 11.2 Å². The van der Waals surface area contributed by atoms with Gasteiger partial charge in [0, 0.05) is 35.1 Å². The van der Waals surface area contributed by atoms with E-state index in [1.807, 2.05) is 5.38 Å². The third-order valence-electron chi connectivity index (χ3n) is 2.68. The van der Waals surface area contributed by atoms with E-state index in [-0.39, 0.29) is 5.39 Å². The van der Waals surface area contributed by atoms with Gasteiger partial charge in [0.25, 0.3) is 0 Å². The molecule has 3 aromatic rings. The second kappa shape index (κ2) is 5.02. The zero-order chi connectivity index (χ0) is 14.2. The van der Waals surface area contributed by atoms with Crippen molar-refractivity contribution in [3.63, 3.8) is 0 Å². The van der Waals surface area contributed by atoms with E-state index < -0.39 is 11.7 Å². The molecular formula is C12H8F3N3S2. The summed E-state index contributed by atoms with van der Waals surface area (Å²) in [5, 5.41) is 1.99. The first-order valence-corrected chi connectivity index (χ1v) is 7.25. The molecule has 0 atom stereocenters. The van der Waals surface area contributed by atoms with E-state index in [0.717, 1.165) is 10.5 Å². The van der Waals surface area contributed by atoms with Crippen molar-refractivity contribution in [3.05, 3.63) is 41.5 Å². The van der Waals surface area contributed by atoms with Gasteiger partial charge in [0.05, 0.1) is 16.8 Å². The predicted molar refractivity (Wildman–Crippen MR) is 74.9 cm³/mol. The number of thiazole rings is 1. The monoisotopic (exact) mass is 315 g/mol. The van der Waals surface area contributed by atoms with Gasteiger partial charge in [-0.1, -0.05) is 12.1 Å². The van der Waals surface area contributed by atoms with Gasteiger partial charge in [-0.3, -0.25) is 0 Å². The van der Waals surface area contributed by atoms with Gasteiger partial charge in [0.1, 0.15) is 0 Å². The molecule has 0 amide bonds. The summed E-state index contributed by atoms with van der Waals surface area (Å²) >= 11 is 2.72. The molecule has 0 saturated heterocycles. The van der Waals surface area contributed by atoms with Crippen LogP contribution in [0.15, 0.2) is 40.3 Å². The number of benzene rings is 1. The maximum atomic E-state index is 12.8. The highest BCUT2D eigenvalue weighted by atomic mass is 32.2. The molecule has 104 valence electrons. The number of H-pyrrole nitrogens is 1. The Bertz CT molecular complexity index is 719. The van der Waals surface area contributed by atoms with E-state index in [1.54, 1.807) is 18.3 Å². The fourth-order valence-electron chi connectivity index (χ4n) is 1.83. The van der Waals surface area contributed by atoms with Crippen molar-refractivity contribution in [2.45, 2.75) is 10.5 Å². The number of aromatic amines is 1. The minimum Gasteiger partial charge on any atom is -0.359 e. The third kappa shape index (κ3) is 2.48. The number of nitrogens with one attached hydrogen (secondary N) is 2. The van der Waals surface area contributed by atoms with Crippen LogP contribution in [0, 0.1) is 0 Å². The summed E-state index contributed by atoms with van der Waals surface area (Å²) < 4.78 is 42.3. The Morgan fingerprint density at radius 1 is 1.30 bits per heavy atom. The molecule has 3 rings (SSSR count). The maximum absolute atomic E-state index is 12.8. The zero-order valence-corrected chi connectivity index (χ0v) is 11.5. The Hall–Kier alpha value is -1.67. The van der Waals surface area contributed by atoms with Crippen LogP contribution >= 0.6 is 23.3 Å². The number of para-hydroxylation sites is 1. The number of hydrogen-bond donors (Lipinski definition) is 2. The van der Waals surface area contributed by atoms with Crippen molar-refractivity contribution in [2.24, 2.45) is 0 Å². The average molecular weight is 315 g/mol. The van der Waals surface area contributed by atoms with Crippen molar-refractivity contribution < 1.29 is 13.2 Å². The zero-order valence-electron chi connectivity index (χ0n) is 9.86. The van der Waals surface area contributed by atoms with Crippen molar-refractivity contribution >= 4 is 39.9 Å². The van der Waals surface area contributed by atoms with Crippen molar-refractivity contribution in [3.8, 4) is 0 Å². The van der Waals surface area contributed by atoms with Crippen LogP contribution in [0.5, 0.6) is 0 Å². The lowest BCUT2D eigenvalue weighted by molar-refractivity contribution is -0.136. The van der Waals surface area contributed by atoms with Crippen LogP contribution in [0.3, 0.4) is 0 Å². The number of alkyl halides is 3. The number of fused-ring (bicyclic) bond motifs is 1. The number of rotatable bonds is 3. The van der Waals surface area contributed by atoms with Gasteiger partial charge in [0.2, 0.25) is 0 Å². The number of nitrogens with zero attached hydrogens (tertiary/aromatic N) is 1. The van der Waals surface area contributed by atoms with Crippen LogP contribution in [0.25, 0.3) is 10.9 Å². The Labute approximate surface area is 120 Å². The third-order valence-corrected chi connectivity index (χ3v) is 4.38. The molecule has 1 aromatic carbocycles. The van der Waals surface area contributed by atoms with Gasteiger partial charge in [-0.25, -0.2) is 4.98 Å². The Kier molecular flexibility index (Phi) is 3.35. The molecule has 2 heterocycles. The van der Waals surface area contributed by atoms with E-state index in [4.69, 9.17) is 0 Å². The second-order valence-corrected chi connectivity index (χ2v) is 5.88. The molecule has 0 fully saturated rings. The van der Waals surface area contributed by atoms with Gasteiger partial charge in [-0.2, -0.15) is 13.2 Å². The van der Waals surface area contributed by atoms with E-state index in [2.05, 4.69) is 14.7 Å². The predicted octanol–water partition coefficient (Wildman–Crippen LogP) is 4.76. The molecule has 2 N–H and O–H groups in total. The van der Waals surface area contributed by atoms with Crippen LogP contribution in [0.4, 0.5) is 18.9 Å². The quantitative estimate of drug-likeness (QED) is 0.685. The number of hydrogen-bond acceptors (Lipinski definition) is 4. The molecule has 8 heteroatoms. The number of aromatic nitrogens is 2. The molecule has 3 nitrogen and oxygen atoms in total. The first kappa shape index (κ1) is 13.3. The lowest BCUT2D eigenvalue weighted by Crippen LogP contribution is -2.03. The van der Waals surface area contributed by atoms with Gasteiger partial charge >= 0.3 is 6.18 Å². The summed E-state index contributed by atoms with van der Waals surface area (Å²) in [4.78, 5) is 6.77. The maximum Gasteiger partial charge on any atom is 0.418 e. The molecular weight excluding hydrogens is 307 g/mol. The van der Waals surface area contributed by atoms with Gasteiger partial charge in [-0.05, 0) is 6.07 Å². The Balaban J connectivity index is 1.94. The van der Waals surface area contributed by atoms with Gasteiger partial charge in [-0.15, -0.1) is 11.3 Å². The summed E-state index contributed by atoms with van der Waals surface area (Å²) in [6, 6.07) is 4.77. The largest absolute Gasteiger partial charge is 0.418 e. The number of anilines is 1. The minimum atomic E-state index is -4.36. The molecule has 0 aliphatic heterocycles. The van der Waals surface area contributed by atoms with Gasteiger partial charge in [0.15, 0.2) is 4.34 Å². The first-order valence-electron chi connectivity index (χ1n) is 5.55. The standard InChI is InChI=1S/C12H8F3N3S2/c13-12(14,15)8-6-17-10-7(8)2-1-3-9(10)18-20-11-16-4-5-19-11/h1-6,17-18H. The topological polar surface area (TPSA) is 40.7 Å². The lowest BCUT2D eigenvalue weighted by Gasteiger charge is -2.06. The molecule has 0 aliphatic carbocycles. The molecule has 20 heavy (non-hydrogen) atoms. The van der Waals surface area contributed by atoms with Crippen molar-refractivity contribution in [2.75, 3.05) is 4.72 Å². The molecule has 0 bridgehead atoms. The molecule has 0 unspecified atom stereocenters. The van der Waals surface area contributed by atoms with Crippen molar-refractivity contribution in [1.82, 2.24) is 9.97 Å². The summed E-state index contributed by atoms with van der Waals surface area (Å²) in [6.45, 7) is 0. The van der Waals surface area contributed by atoms with E-state index in [9.17, 15) is 13.2 Å². The average Bonchev–Trinajstić information content (AvgIpc) is 3.04. The van der Waals surface area contributed by atoms with E-state index in [1.165, 1.54) is 29.4 Å². The highest BCUT2D eigenvalue weighted by molar-refractivity contribution is 8.02. The Morgan fingerprint density at radius 2 is 2.15 bits per heavy atom. The minimum absolute atomic E-state index is 0.155. The molecule has 0 radical (unpaired) electrons. The fourth-order valence-corrected chi connectivity index (χ4v) is 3.16. The molecule has 2 aromatic heterocycles. The highest BCUT2D eigenvalue weighted by Crippen LogP contribution is 2.37. The van der Waals surface area contributed by atoms with Crippen LogP contribution in [0.1, 0.15) is 5.56 Å². The molecule has 0 spiro atoms. The Morgan fingerprint density at radius 3 is 2.85 bits per heavy atom. The smallest absolute Gasteiger partial charge is 0.359 e. The summed E-state index contributed by atoms with van der Waals surface area (Å²) in [7, 11) is 0. The normalized spacial score (nSPS) is 11.9. The lowest BCUT2D eigenvalue weighted by atomic mass is 10.1. The second-order valence-electron chi connectivity index (χ2n) is 3.93. The first-order chi connectivity index (χ1) is 9.55. The summed E-state index contributed by atoms with van der Waals surface area (Å²) in [5.41, 5.74) is 0.373. The summed E-state index contributed by atoms with van der Waals surface area (Å²) in [5.74, 6) is 0. The van der Waals surface area contributed by atoms with Crippen LogP contribution < -0.4 is 4.72 Å². The molecule has 0 aliphatic rings. The van der Waals surface area contributed by atoms with E-state index >= 15 is 0 Å². The van der Waals surface area contributed by atoms with Crippen LogP contribution in [-0.2, 0) is 6.18 Å². The highest BCUT2D eigenvalue weighted by Gasteiger charge is 2.33. The SMILES string of the molecule is FC(F)(F)c1c[nH]c2c(NSc3nccs3)cccc12. The van der Waals surface area contributed by atoms with Gasteiger partial charge < -0.3 is 9.71 Å². The fraction of sp³-hybridized carbons (Fsp3) is 0.0833. The number of halogens is 3. The van der Waals surface area contributed by atoms with Crippen LogP contribution in [0.2, 0.25) is 0 Å². The summed E-state index contributed by atoms with van der Waals surface area (Å²) in [6.07, 6.45) is -1.70.